The first kappa shape index (κ1) is 19.7. The van der Waals surface area contributed by atoms with Gasteiger partial charge >= 0.3 is 0 Å². The van der Waals surface area contributed by atoms with Crippen LogP contribution < -0.4 is 18.9 Å². The van der Waals surface area contributed by atoms with Gasteiger partial charge in [-0.1, -0.05) is 6.08 Å². The van der Waals surface area contributed by atoms with Crippen LogP contribution in [0.2, 0.25) is 0 Å². The molecule has 1 heterocycles. The Morgan fingerprint density at radius 1 is 1.11 bits per heavy atom. The van der Waals surface area contributed by atoms with Crippen molar-refractivity contribution in [1.82, 2.24) is 0 Å². The van der Waals surface area contributed by atoms with Crippen molar-refractivity contribution in [3.05, 3.63) is 48.0 Å². The first-order chi connectivity index (χ1) is 13.4. The standard InChI is InChI=1S/C20H22O8/c1-4-12(22)10-6-15(26-3)20-16(7-10)27-19(17(9-21)28-20)11-5-13(23)18(24)14(8-11)25-2/h4-8,12,17,19,21-24H,1,9H2,2-3H3/t12?,17-,19+/m0/s1. The molecule has 0 spiro atoms. The predicted molar refractivity (Wildman–Crippen MR) is 99.3 cm³/mol. The van der Waals surface area contributed by atoms with Crippen LogP contribution in [0.4, 0.5) is 0 Å². The second-order valence-corrected chi connectivity index (χ2v) is 6.20. The minimum absolute atomic E-state index is 0.0505. The van der Waals surface area contributed by atoms with E-state index in [4.69, 9.17) is 18.9 Å². The van der Waals surface area contributed by atoms with Crippen molar-refractivity contribution in [2.45, 2.75) is 18.3 Å². The summed E-state index contributed by atoms with van der Waals surface area (Å²) in [4.78, 5) is 0. The number of rotatable bonds is 6. The summed E-state index contributed by atoms with van der Waals surface area (Å²) in [5.74, 6) is 0.158. The van der Waals surface area contributed by atoms with Crippen LogP contribution in [0.15, 0.2) is 36.9 Å². The summed E-state index contributed by atoms with van der Waals surface area (Å²) in [6, 6.07) is 5.97. The predicted octanol–water partition coefficient (Wildman–Crippen LogP) is 2.21. The zero-order chi connectivity index (χ0) is 20.4. The summed E-state index contributed by atoms with van der Waals surface area (Å²) in [5.41, 5.74) is 0.909. The fraction of sp³-hybridized carbons (Fsp3) is 0.300. The fourth-order valence-corrected chi connectivity index (χ4v) is 3.03. The van der Waals surface area contributed by atoms with Gasteiger partial charge in [-0.05, 0) is 29.8 Å². The van der Waals surface area contributed by atoms with Crippen molar-refractivity contribution >= 4 is 0 Å². The Morgan fingerprint density at radius 2 is 1.82 bits per heavy atom. The minimum Gasteiger partial charge on any atom is -0.504 e. The summed E-state index contributed by atoms with van der Waals surface area (Å²) < 4.78 is 22.3. The molecule has 8 heteroatoms. The highest BCUT2D eigenvalue weighted by atomic mass is 16.6. The first-order valence-electron chi connectivity index (χ1n) is 8.50. The molecule has 0 radical (unpaired) electrons. The van der Waals surface area contributed by atoms with Crippen LogP contribution in [-0.2, 0) is 0 Å². The number of fused-ring (bicyclic) bond motifs is 1. The van der Waals surface area contributed by atoms with Crippen molar-refractivity contribution in [3.63, 3.8) is 0 Å². The van der Waals surface area contributed by atoms with E-state index in [2.05, 4.69) is 6.58 Å². The average molecular weight is 390 g/mol. The van der Waals surface area contributed by atoms with Crippen LogP contribution in [0.5, 0.6) is 34.5 Å². The van der Waals surface area contributed by atoms with Gasteiger partial charge in [0.15, 0.2) is 35.2 Å². The minimum atomic E-state index is -0.936. The molecule has 0 bridgehead atoms. The molecule has 0 saturated heterocycles. The monoisotopic (exact) mass is 390 g/mol. The molecule has 150 valence electrons. The van der Waals surface area contributed by atoms with Crippen LogP contribution in [0.3, 0.4) is 0 Å². The number of aliphatic hydroxyl groups excluding tert-OH is 2. The molecule has 0 saturated carbocycles. The van der Waals surface area contributed by atoms with E-state index in [1.165, 1.54) is 32.4 Å². The lowest BCUT2D eigenvalue weighted by molar-refractivity contribution is -0.0144. The number of aromatic hydroxyl groups is 2. The number of methoxy groups -OCH3 is 2. The van der Waals surface area contributed by atoms with E-state index in [0.717, 1.165) is 0 Å². The molecule has 28 heavy (non-hydrogen) atoms. The highest BCUT2D eigenvalue weighted by molar-refractivity contribution is 5.57. The molecule has 1 unspecified atom stereocenters. The third-order valence-corrected chi connectivity index (χ3v) is 4.49. The normalized spacial score (nSPS) is 19.0. The van der Waals surface area contributed by atoms with E-state index in [0.29, 0.717) is 16.9 Å². The van der Waals surface area contributed by atoms with Gasteiger partial charge in [0.25, 0.3) is 0 Å². The van der Waals surface area contributed by atoms with Gasteiger partial charge in [-0.15, -0.1) is 6.58 Å². The van der Waals surface area contributed by atoms with Crippen LogP contribution in [0.25, 0.3) is 0 Å². The molecule has 3 atom stereocenters. The number of aliphatic hydroxyl groups is 2. The summed E-state index contributed by atoms with van der Waals surface area (Å²) in [5, 5.41) is 39.7. The van der Waals surface area contributed by atoms with E-state index >= 15 is 0 Å². The van der Waals surface area contributed by atoms with E-state index in [1.807, 2.05) is 0 Å². The van der Waals surface area contributed by atoms with Gasteiger partial charge in [0.2, 0.25) is 11.5 Å². The van der Waals surface area contributed by atoms with Crippen molar-refractivity contribution in [3.8, 4) is 34.5 Å². The highest BCUT2D eigenvalue weighted by Gasteiger charge is 2.36. The Morgan fingerprint density at radius 3 is 2.43 bits per heavy atom. The van der Waals surface area contributed by atoms with Gasteiger partial charge in [0, 0.05) is 5.56 Å². The molecule has 4 N–H and O–H groups in total. The van der Waals surface area contributed by atoms with Crippen molar-refractivity contribution in [1.29, 1.82) is 0 Å². The van der Waals surface area contributed by atoms with Gasteiger partial charge in [0.05, 0.1) is 26.9 Å². The molecular formula is C20H22O8. The van der Waals surface area contributed by atoms with Crippen LogP contribution in [-0.4, -0.2) is 47.4 Å². The van der Waals surface area contributed by atoms with Gasteiger partial charge in [-0.2, -0.15) is 0 Å². The Hall–Kier alpha value is -3.10. The topological polar surface area (TPSA) is 118 Å². The molecular weight excluding hydrogens is 368 g/mol. The lowest BCUT2D eigenvalue weighted by Gasteiger charge is -2.34. The lowest BCUT2D eigenvalue weighted by Crippen LogP contribution is -2.36. The summed E-state index contributed by atoms with van der Waals surface area (Å²) in [6.07, 6.45) is -1.21. The van der Waals surface area contributed by atoms with E-state index in [-0.39, 0.29) is 23.9 Å². The summed E-state index contributed by atoms with van der Waals surface area (Å²) >= 11 is 0. The molecule has 8 nitrogen and oxygen atoms in total. The second kappa shape index (κ2) is 7.87. The molecule has 0 aromatic heterocycles. The molecule has 0 amide bonds. The number of phenolic OH excluding ortho intramolecular Hbond substituents is 2. The van der Waals surface area contributed by atoms with Crippen molar-refractivity contribution in [2.24, 2.45) is 0 Å². The first-order valence-corrected chi connectivity index (χ1v) is 8.50. The van der Waals surface area contributed by atoms with Crippen molar-refractivity contribution in [2.75, 3.05) is 20.8 Å². The van der Waals surface area contributed by atoms with Crippen LogP contribution in [0.1, 0.15) is 23.3 Å². The third kappa shape index (κ3) is 3.39. The zero-order valence-electron chi connectivity index (χ0n) is 15.5. The quantitative estimate of drug-likeness (QED) is 0.438. The zero-order valence-corrected chi connectivity index (χ0v) is 15.5. The number of phenols is 2. The van der Waals surface area contributed by atoms with Gasteiger partial charge in [-0.25, -0.2) is 0 Å². The van der Waals surface area contributed by atoms with Crippen LogP contribution in [0, 0.1) is 0 Å². The Bertz CT molecular complexity index is 879. The lowest BCUT2D eigenvalue weighted by atomic mass is 10.0. The maximum atomic E-state index is 10.1. The molecule has 2 aromatic rings. The number of hydrogen-bond acceptors (Lipinski definition) is 8. The van der Waals surface area contributed by atoms with Crippen LogP contribution >= 0.6 is 0 Å². The molecule has 3 rings (SSSR count). The molecule has 0 aliphatic carbocycles. The maximum absolute atomic E-state index is 10.1. The second-order valence-electron chi connectivity index (χ2n) is 6.20. The summed E-state index contributed by atoms with van der Waals surface area (Å²) in [6.45, 7) is 3.19. The molecule has 0 fully saturated rings. The van der Waals surface area contributed by atoms with Gasteiger partial charge in [0.1, 0.15) is 0 Å². The number of benzene rings is 2. The smallest absolute Gasteiger partial charge is 0.204 e. The van der Waals surface area contributed by atoms with E-state index < -0.39 is 29.8 Å². The Balaban J connectivity index is 2.08. The van der Waals surface area contributed by atoms with Crippen molar-refractivity contribution < 1.29 is 39.4 Å². The van der Waals surface area contributed by atoms with Gasteiger partial charge in [-0.3, -0.25) is 0 Å². The third-order valence-electron chi connectivity index (χ3n) is 4.49. The molecule has 1 aliphatic heterocycles. The maximum Gasteiger partial charge on any atom is 0.204 e. The fourth-order valence-electron chi connectivity index (χ4n) is 3.03. The number of ether oxygens (including phenoxy) is 4. The van der Waals surface area contributed by atoms with Gasteiger partial charge < -0.3 is 39.4 Å². The van der Waals surface area contributed by atoms with E-state index in [9.17, 15) is 20.4 Å². The number of hydrogen-bond donors (Lipinski definition) is 4. The SMILES string of the molecule is C=CC(O)c1cc(OC)c2c(c1)O[C@H](c1cc(O)c(O)c(OC)c1)[C@H](CO)O2. The Labute approximate surface area is 161 Å². The molecule has 1 aliphatic rings. The highest BCUT2D eigenvalue weighted by Crippen LogP contribution is 2.48. The average Bonchev–Trinajstić information content (AvgIpc) is 2.72. The Kier molecular flexibility index (Phi) is 5.53. The largest absolute Gasteiger partial charge is 0.504 e. The summed E-state index contributed by atoms with van der Waals surface area (Å²) in [7, 11) is 2.80. The van der Waals surface area contributed by atoms with E-state index in [1.54, 1.807) is 12.1 Å². The molecule has 2 aromatic carbocycles.